The van der Waals surface area contributed by atoms with Crippen LogP contribution in [0.25, 0.3) is 0 Å². The first-order valence-electron chi connectivity index (χ1n) is 11.8. The lowest BCUT2D eigenvalue weighted by Crippen LogP contribution is -3.00. The fourth-order valence-electron chi connectivity index (χ4n) is 3.91. The summed E-state index contributed by atoms with van der Waals surface area (Å²) in [5.74, 6) is -0.324. The van der Waals surface area contributed by atoms with Gasteiger partial charge in [-0.3, -0.25) is 4.79 Å². The highest BCUT2D eigenvalue weighted by Gasteiger charge is 2.38. The molecule has 0 radical (unpaired) electrons. The highest BCUT2D eigenvalue weighted by atomic mass is 79.9. The van der Waals surface area contributed by atoms with Crippen molar-refractivity contribution in [1.82, 2.24) is 5.32 Å². The number of carbonyl (C=O) groups excluding carboxylic acids is 2. The Bertz CT molecular complexity index is 993. The van der Waals surface area contributed by atoms with Crippen LogP contribution in [0.15, 0.2) is 91.0 Å². The van der Waals surface area contributed by atoms with E-state index in [1.165, 1.54) is 6.92 Å². The molecule has 0 fully saturated rings. The Hall–Kier alpha value is -2.61. The van der Waals surface area contributed by atoms with Gasteiger partial charge in [-0.25, -0.2) is 4.79 Å². The van der Waals surface area contributed by atoms with Gasteiger partial charge in [-0.15, -0.1) is 11.8 Å². The second kappa shape index (κ2) is 13.6. The third-order valence-electron chi connectivity index (χ3n) is 5.68. The number of nitrogens with zero attached hydrogens (tertiary/aromatic N) is 1. The Labute approximate surface area is 229 Å². The molecule has 0 aliphatic heterocycles. The second-order valence-corrected chi connectivity index (χ2v) is 10.8. The maximum atomic E-state index is 13.0. The van der Waals surface area contributed by atoms with Crippen molar-refractivity contribution < 1.29 is 35.8 Å². The Balaban J connectivity index is 0.00000456. The molecule has 3 aromatic rings. The molecule has 1 atom stereocenters. The van der Waals surface area contributed by atoms with Crippen molar-refractivity contribution in [2.75, 3.05) is 40.0 Å². The molecule has 5 nitrogen and oxygen atoms in total. The van der Waals surface area contributed by atoms with Crippen molar-refractivity contribution in [3.63, 3.8) is 0 Å². The molecule has 192 valence electrons. The molecule has 3 aromatic carbocycles. The van der Waals surface area contributed by atoms with Gasteiger partial charge in [0.1, 0.15) is 19.2 Å². The van der Waals surface area contributed by atoms with Crippen LogP contribution >= 0.6 is 11.8 Å². The molecular formula is C29H35BrN2O3S. The zero-order valence-electron chi connectivity index (χ0n) is 21.3. The number of hydrogen-bond acceptors (Lipinski definition) is 4. The molecule has 3 rings (SSSR count). The second-order valence-electron chi connectivity index (χ2n) is 9.52. The fraction of sp³-hybridized carbons (Fsp3) is 0.310. The van der Waals surface area contributed by atoms with Crippen LogP contribution in [0.3, 0.4) is 0 Å². The van der Waals surface area contributed by atoms with Crippen LogP contribution in [0.2, 0.25) is 0 Å². The molecule has 7 heteroatoms. The maximum Gasteiger partial charge on any atom is 0.329 e. The number of likely N-dealkylation sites (N-methyl/N-ethyl adjacent to an activating group) is 1. The molecule has 0 heterocycles. The minimum Gasteiger partial charge on any atom is -1.00 e. The Kier molecular flexibility index (Phi) is 11.2. The monoisotopic (exact) mass is 570 g/mol. The van der Waals surface area contributed by atoms with Gasteiger partial charge in [0.05, 0.1) is 25.9 Å². The SMILES string of the molecule is CC(=O)NC(CSC(c1ccccc1)(c1ccccc1)c1ccccc1)C(=O)OCC[N+](C)(C)C.[Br-]. The molecule has 0 saturated carbocycles. The van der Waals surface area contributed by atoms with Gasteiger partial charge in [0.2, 0.25) is 5.91 Å². The lowest BCUT2D eigenvalue weighted by molar-refractivity contribution is -0.870. The van der Waals surface area contributed by atoms with Gasteiger partial charge in [0.15, 0.2) is 0 Å². The van der Waals surface area contributed by atoms with Crippen LogP contribution < -0.4 is 22.3 Å². The average Bonchev–Trinajstić information content (AvgIpc) is 2.84. The van der Waals surface area contributed by atoms with Crippen LogP contribution in [0.5, 0.6) is 0 Å². The normalized spacial score (nSPS) is 12.2. The van der Waals surface area contributed by atoms with E-state index in [1.54, 1.807) is 11.8 Å². The summed E-state index contributed by atoms with van der Waals surface area (Å²) in [7, 11) is 6.13. The van der Waals surface area contributed by atoms with Crippen molar-refractivity contribution in [1.29, 1.82) is 0 Å². The molecule has 1 N–H and O–H groups in total. The maximum absolute atomic E-state index is 13.0. The van der Waals surface area contributed by atoms with Gasteiger partial charge < -0.3 is 31.5 Å². The van der Waals surface area contributed by atoms with Crippen LogP contribution in [0.1, 0.15) is 23.6 Å². The van der Waals surface area contributed by atoms with E-state index in [-0.39, 0.29) is 22.9 Å². The zero-order chi connectivity index (χ0) is 25.3. The fourth-order valence-corrected chi connectivity index (χ4v) is 5.46. The smallest absolute Gasteiger partial charge is 0.329 e. The van der Waals surface area contributed by atoms with Gasteiger partial charge in [-0.1, -0.05) is 91.0 Å². The van der Waals surface area contributed by atoms with Gasteiger partial charge in [-0.05, 0) is 16.7 Å². The van der Waals surface area contributed by atoms with Gasteiger partial charge in [0.25, 0.3) is 0 Å². The van der Waals surface area contributed by atoms with Crippen molar-refractivity contribution in [3.05, 3.63) is 108 Å². The zero-order valence-corrected chi connectivity index (χ0v) is 23.7. The summed E-state index contributed by atoms with van der Waals surface area (Å²) in [5.41, 5.74) is 3.30. The lowest BCUT2D eigenvalue weighted by atomic mass is 9.84. The topological polar surface area (TPSA) is 55.4 Å². The first-order chi connectivity index (χ1) is 16.7. The molecule has 0 aliphatic carbocycles. The third-order valence-corrected chi connectivity index (χ3v) is 7.32. The van der Waals surface area contributed by atoms with E-state index in [0.29, 0.717) is 23.4 Å². The Morgan fingerprint density at radius 1 is 0.833 bits per heavy atom. The Morgan fingerprint density at radius 3 is 1.61 bits per heavy atom. The highest BCUT2D eigenvalue weighted by molar-refractivity contribution is 8.00. The van der Waals surface area contributed by atoms with Crippen molar-refractivity contribution in [2.45, 2.75) is 17.7 Å². The molecule has 1 amide bonds. The summed E-state index contributed by atoms with van der Waals surface area (Å²) in [4.78, 5) is 25.0. The molecule has 0 spiro atoms. The molecule has 0 aliphatic rings. The van der Waals surface area contributed by atoms with Crippen LogP contribution in [-0.4, -0.2) is 62.4 Å². The molecule has 0 saturated heterocycles. The summed E-state index contributed by atoms with van der Waals surface area (Å²) in [6.07, 6.45) is 0. The van der Waals surface area contributed by atoms with Gasteiger partial charge in [-0.2, -0.15) is 0 Å². The summed E-state index contributed by atoms with van der Waals surface area (Å²) in [5, 5.41) is 2.81. The molecule has 36 heavy (non-hydrogen) atoms. The number of carbonyl (C=O) groups is 2. The molecule has 1 unspecified atom stereocenters. The number of benzene rings is 3. The standard InChI is InChI=1S/C29H34N2O3S.BrH/c1-23(32)30-27(28(33)34-21-20-31(2,3)4)22-35-29(24-14-8-5-9-15-24,25-16-10-6-11-17-25)26-18-12-7-13-19-26;/h5-19,27H,20-22H2,1-4H3;1H. The minimum absolute atomic E-state index is 0. The van der Waals surface area contributed by atoms with Crippen molar-refractivity contribution >= 4 is 23.6 Å². The van der Waals surface area contributed by atoms with E-state index < -0.39 is 16.8 Å². The van der Waals surface area contributed by atoms with Crippen molar-refractivity contribution in [3.8, 4) is 0 Å². The first kappa shape index (κ1) is 29.6. The average molecular weight is 572 g/mol. The van der Waals surface area contributed by atoms with Gasteiger partial charge in [0, 0.05) is 12.7 Å². The molecule has 0 aromatic heterocycles. The number of quaternary nitrogens is 1. The summed E-state index contributed by atoms with van der Waals surface area (Å²) < 4.78 is 5.69. The predicted molar refractivity (Wildman–Crippen MR) is 143 cm³/mol. The van der Waals surface area contributed by atoms with E-state index in [0.717, 1.165) is 16.7 Å². The summed E-state index contributed by atoms with van der Waals surface area (Å²) in [6, 6.07) is 30.1. The number of hydrogen-bond donors (Lipinski definition) is 1. The molecule has 0 bridgehead atoms. The van der Waals surface area contributed by atoms with E-state index >= 15 is 0 Å². The predicted octanol–water partition coefficient (Wildman–Crippen LogP) is 1.47. The van der Waals surface area contributed by atoms with Crippen LogP contribution in [0.4, 0.5) is 0 Å². The van der Waals surface area contributed by atoms with Crippen LogP contribution in [0, 0.1) is 0 Å². The number of esters is 1. The van der Waals surface area contributed by atoms with E-state index in [1.807, 2.05) is 75.7 Å². The summed E-state index contributed by atoms with van der Waals surface area (Å²) >= 11 is 1.63. The number of ether oxygens (including phenoxy) is 1. The number of amides is 1. The van der Waals surface area contributed by atoms with Crippen LogP contribution in [-0.2, 0) is 19.1 Å². The minimum atomic E-state index is -0.763. The van der Waals surface area contributed by atoms with E-state index in [9.17, 15) is 9.59 Å². The van der Waals surface area contributed by atoms with E-state index in [2.05, 4.69) is 41.7 Å². The largest absolute Gasteiger partial charge is 1.00 e. The lowest BCUT2D eigenvalue weighted by Gasteiger charge is -2.36. The summed E-state index contributed by atoms with van der Waals surface area (Å²) in [6.45, 7) is 2.41. The molecular weight excluding hydrogens is 536 g/mol. The van der Waals surface area contributed by atoms with E-state index in [4.69, 9.17) is 4.74 Å². The first-order valence-corrected chi connectivity index (χ1v) is 12.8. The van der Waals surface area contributed by atoms with Crippen molar-refractivity contribution in [2.24, 2.45) is 0 Å². The Morgan fingerprint density at radius 2 is 1.25 bits per heavy atom. The third kappa shape index (κ3) is 7.95. The number of halogens is 1. The highest BCUT2D eigenvalue weighted by Crippen LogP contribution is 2.48. The number of nitrogens with one attached hydrogen (secondary N) is 1. The number of thioether (sulfide) groups is 1. The van der Waals surface area contributed by atoms with Gasteiger partial charge >= 0.3 is 5.97 Å². The number of rotatable bonds is 11. The quantitative estimate of drug-likeness (QED) is 0.215.